The molecule has 2 aromatic heterocycles. The standard InChI is InChI=1S/C23H24F3N5O4/c1-30(2)21(33)22(8-10-34-13-22)28-20(32)18-16-11-15(6-7-17(16)29-31(18)3)35-12-14-5-4-9-27-19(14)23(24,25)26/h4-7,9,11H,8,10,12-13H2,1-3H3,(H,28,32). The first kappa shape index (κ1) is 24.5. The lowest BCUT2D eigenvalue weighted by Crippen LogP contribution is -2.59. The van der Waals surface area contributed by atoms with E-state index in [-0.39, 0.29) is 36.1 Å². The molecule has 12 heteroatoms. The number of rotatable bonds is 6. The number of carbonyl (C=O) groups is 2. The number of aromatic nitrogens is 3. The number of halogens is 3. The van der Waals surface area contributed by atoms with Crippen LogP contribution in [0.4, 0.5) is 13.2 Å². The van der Waals surface area contributed by atoms with Gasteiger partial charge in [-0.05, 0) is 24.3 Å². The minimum absolute atomic E-state index is 0.0482. The van der Waals surface area contributed by atoms with E-state index in [1.165, 1.54) is 27.8 Å². The van der Waals surface area contributed by atoms with E-state index in [0.29, 0.717) is 23.9 Å². The summed E-state index contributed by atoms with van der Waals surface area (Å²) in [5, 5.41) is 7.58. The van der Waals surface area contributed by atoms with Gasteiger partial charge in [-0.2, -0.15) is 18.3 Å². The number of nitrogens with zero attached hydrogens (tertiary/aromatic N) is 4. The highest BCUT2D eigenvalue weighted by Gasteiger charge is 2.45. The van der Waals surface area contributed by atoms with Gasteiger partial charge >= 0.3 is 6.18 Å². The Hall–Kier alpha value is -3.67. The molecular formula is C23H24F3N5O4. The zero-order chi connectivity index (χ0) is 25.4. The summed E-state index contributed by atoms with van der Waals surface area (Å²) in [4.78, 5) is 30.9. The number of hydrogen-bond acceptors (Lipinski definition) is 6. The fourth-order valence-electron chi connectivity index (χ4n) is 4.10. The Morgan fingerprint density at radius 2 is 2.06 bits per heavy atom. The molecule has 4 rings (SSSR count). The number of alkyl halides is 3. The molecule has 0 bridgehead atoms. The predicted octanol–water partition coefficient (Wildman–Crippen LogP) is 2.54. The van der Waals surface area contributed by atoms with E-state index in [1.807, 2.05) is 0 Å². The fourth-order valence-corrected chi connectivity index (χ4v) is 4.10. The first-order valence-corrected chi connectivity index (χ1v) is 10.7. The van der Waals surface area contributed by atoms with Gasteiger partial charge in [-0.15, -0.1) is 0 Å². The number of pyridine rings is 1. The molecule has 0 saturated carbocycles. The predicted molar refractivity (Wildman–Crippen MR) is 119 cm³/mol. The highest BCUT2D eigenvalue weighted by atomic mass is 19.4. The molecule has 1 saturated heterocycles. The Kier molecular flexibility index (Phi) is 6.41. The summed E-state index contributed by atoms with van der Waals surface area (Å²) in [6, 6.07) is 7.39. The third-order valence-electron chi connectivity index (χ3n) is 5.76. The monoisotopic (exact) mass is 491 g/mol. The van der Waals surface area contributed by atoms with Crippen LogP contribution in [0.1, 0.15) is 28.2 Å². The maximum atomic E-state index is 13.3. The van der Waals surface area contributed by atoms with E-state index in [1.54, 1.807) is 33.3 Å². The minimum Gasteiger partial charge on any atom is -0.489 e. The minimum atomic E-state index is -4.61. The lowest BCUT2D eigenvalue weighted by Gasteiger charge is -2.30. The molecule has 35 heavy (non-hydrogen) atoms. The summed E-state index contributed by atoms with van der Waals surface area (Å²) in [5.74, 6) is -0.560. The Bertz CT molecular complexity index is 1270. The van der Waals surface area contributed by atoms with Gasteiger partial charge in [0.1, 0.15) is 23.6 Å². The molecule has 1 fully saturated rings. The molecule has 1 aliphatic heterocycles. The Morgan fingerprint density at radius 1 is 1.29 bits per heavy atom. The van der Waals surface area contributed by atoms with Crippen LogP contribution in [-0.2, 0) is 29.4 Å². The van der Waals surface area contributed by atoms with Crippen molar-refractivity contribution < 1.29 is 32.2 Å². The molecule has 1 aliphatic rings. The third kappa shape index (κ3) is 4.78. The second kappa shape index (κ2) is 9.17. The first-order valence-electron chi connectivity index (χ1n) is 10.7. The van der Waals surface area contributed by atoms with Gasteiger partial charge in [0, 0.05) is 51.3 Å². The van der Waals surface area contributed by atoms with Crippen molar-refractivity contribution in [1.82, 2.24) is 25.0 Å². The van der Waals surface area contributed by atoms with Crippen molar-refractivity contribution in [2.45, 2.75) is 24.7 Å². The van der Waals surface area contributed by atoms with Crippen LogP contribution in [0.25, 0.3) is 10.9 Å². The molecule has 1 atom stereocenters. The van der Waals surface area contributed by atoms with Crippen molar-refractivity contribution >= 4 is 22.7 Å². The summed E-state index contributed by atoms with van der Waals surface area (Å²) in [7, 11) is 4.79. The van der Waals surface area contributed by atoms with E-state index >= 15 is 0 Å². The third-order valence-corrected chi connectivity index (χ3v) is 5.76. The summed E-state index contributed by atoms with van der Waals surface area (Å²) >= 11 is 0. The van der Waals surface area contributed by atoms with Crippen LogP contribution in [0.2, 0.25) is 0 Å². The SMILES string of the molecule is CN(C)C(=O)C1(NC(=O)c2c3cc(OCc4cccnc4C(F)(F)F)ccc3nn2C)CCOC1. The molecule has 9 nitrogen and oxygen atoms in total. The molecule has 1 N–H and O–H groups in total. The number of nitrogens with one attached hydrogen (secondary N) is 1. The zero-order valence-corrected chi connectivity index (χ0v) is 19.3. The van der Waals surface area contributed by atoms with Crippen molar-refractivity contribution in [3.63, 3.8) is 0 Å². The number of amides is 2. The van der Waals surface area contributed by atoms with Gasteiger partial charge in [-0.3, -0.25) is 19.3 Å². The molecule has 0 radical (unpaired) electrons. The van der Waals surface area contributed by atoms with Crippen LogP contribution >= 0.6 is 0 Å². The molecule has 186 valence electrons. The molecule has 0 aliphatic carbocycles. The van der Waals surface area contributed by atoms with Crippen LogP contribution in [-0.4, -0.2) is 64.3 Å². The van der Waals surface area contributed by atoms with E-state index in [2.05, 4.69) is 15.4 Å². The molecule has 0 spiro atoms. The smallest absolute Gasteiger partial charge is 0.433 e. The molecule has 1 aromatic carbocycles. The topological polar surface area (TPSA) is 98.6 Å². The number of benzene rings is 1. The Morgan fingerprint density at radius 3 is 2.71 bits per heavy atom. The number of fused-ring (bicyclic) bond motifs is 1. The lowest BCUT2D eigenvalue weighted by molar-refractivity contribution is -0.142. The van der Waals surface area contributed by atoms with Gasteiger partial charge in [-0.1, -0.05) is 6.07 Å². The van der Waals surface area contributed by atoms with Crippen LogP contribution in [0.15, 0.2) is 36.5 Å². The number of ether oxygens (including phenoxy) is 2. The lowest BCUT2D eigenvalue weighted by atomic mass is 9.96. The highest BCUT2D eigenvalue weighted by molar-refractivity contribution is 6.07. The first-order chi connectivity index (χ1) is 16.5. The second-order valence-electron chi connectivity index (χ2n) is 8.49. The van der Waals surface area contributed by atoms with Crippen molar-refractivity contribution in [3.05, 3.63) is 53.5 Å². The Balaban J connectivity index is 1.61. The number of aryl methyl sites for hydroxylation is 1. The van der Waals surface area contributed by atoms with Crippen LogP contribution < -0.4 is 10.1 Å². The molecule has 3 aromatic rings. The number of hydrogen-bond donors (Lipinski definition) is 1. The molecule has 3 heterocycles. The molecule has 2 amide bonds. The number of carbonyl (C=O) groups excluding carboxylic acids is 2. The van der Waals surface area contributed by atoms with Gasteiger partial charge in [-0.25, -0.2) is 0 Å². The Labute approximate surface area is 198 Å². The number of likely N-dealkylation sites (N-methyl/N-ethyl adjacent to an activating group) is 1. The maximum absolute atomic E-state index is 13.3. The molecule has 1 unspecified atom stereocenters. The fraction of sp³-hybridized carbons (Fsp3) is 0.391. The second-order valence-corrected chi connectivity index (χ2v) is 8.49. The van der Waals surface area contributed by atoms with Crippen molar-refractivity contribution in [2.24, 2.45) is 7.05 Å². The summed E-state index contributed by atoms with van der Waals surface area (Å²) < 4.78 is 52.1. The van der Waals surface area contributed by atoms with Crippen LogP contribution in [0, 0.1) is 0 Å². The molecular weight excluding hydrogens is 467 g/mol. The highest BCUT2D eigenvalue weighted by Crippen LogP contribution is 2.31. The summed E-state index contributed by atoms with van der Waals surface area (Å²) in [6.45, 7) is 0.0125. The van der Waals surface area contributed by atoms with Gasteiger partial charge in [0.2, 0.25) is 5.91 Å². The van der Waals surface area contributed by atoms with E-state index in [0.717, 1.165) is 6.20 Å². The average Bonchev–Trinajstić information content (AvgIpc) is 3.40. The normalized spacial score (nSPS) is 18.0. The zero-order valence-electron chi connectivity index (χ0n) is 19.3. The van der Waals surface area contributed by atoms with Gasteiger partial charge in [0.05, 0.1) is 12.1 Å². The average molecular weight is 491 g/mol. The van der Waals surface area contributed by atoms with Crippen molar-refractivity contribution in [2.75, 3.05) is 27.3 Å². The quantitative estimate of drug-likeness (QED) is 0.569. The van der Waals surface area contributed by atoms with E-state index < -0.39 is 23.3 Å². The maximum Gasteiger partial charge on any atom is 0.433 e. The van der Waals surface area contributed by atoms with Crippen molar-refractivity contribution in [3.8, 4) is 5.75 Å². The van der Waals surface area contributed by atoms with Crippen LogP contribution in [0.3, 0.4) is 0 Å². The summed E-state index contributed by atoms with van der Waals surface area (Å²) in [6.07, 6.45) is -3.21. The van der Waals surface area contributed by atoms with Crippen molar-refractivity contribution in [1.29, 1.82) is 0 Å². The summed E-state index contributed by atoms with van der Waals surface area (Å²) in [5.41, 5.74) is -1.66. The van der Waals surface area contributed by atoms with Crippen LogP contribution in [0.5, 0.6) is 5.75 Å². The van der Waals surface area contributed by atoms with E-state index in [9.17, 15) is 22.8 Å². The largest absolute Gasteiger partial charge is 0.489 e. The van der Waals surface area contributed by atoms with Gasteiger partial charge in [0.15, 0.2) is 5.69 Å². The van der Waals surface area contributed by atoms with Gasteiger partial charge in [0.25, 0.3) is 5.91 Å². The van der Waals surface area contributed by atoms with Gasteiger partial charge < -0.3 is 19.7 Å². The van der Waals surface area contributed by atoms with E-state index in [4.69, 9.17) is 9.47 Å².